The van der Waals surface area contributed by atoms with Crippen molar-refractivity contribution < 1.29 is 9.53 Å². The van der Waals surface area contributed by atoms with E-state index in [-0.39, 0.29) is 5.92 Å². The van der Waals surface area contributed by atoms with Gasteiger partial charge in [0.15, 0.2) is 0 Å². The third-order valence-electron chi connectivity index (χ3n) is 5.64. The number of carbonyl (C=O) groups excluding carboxylic acids is 1. The fourth-order valence-corrected chi connectivity index (χ4v) is 4.15. The summed E-state index contributed by atoms with van der Waals surface area (Å²) in [7, 11) is 1.74. The Morgan fingerprint density at radius 3 is 2.84 bits per heavy atom. The summed E-state index contributed by atoms with van der Waals surface area (Å²) in [5.74, 6) is 1.24. The van der Waals surface area contributed by atoms with Crippen LogP contribution in [-0.4, -0.2) is 67.1 Å². The Hall–Kier alpha value is -1.46. The van der Waals surface area contributed by atoms with E-state index in [4.69, 9.17) is 4.74 Å². The van der Waals surface area contributed by atoms with Crippen LogP contribution in [0.25, 0.3) is 0 Å². The van der Waals surface area contributed by atoms with Gasteiger partial charge in [0.2, 0.25) is 5.91 Å². The number of aromatic nitrogens is 1. The molecule has 0 aromatic carbocycles. The first kappa shape index (κ1) is 18.3. The number of nitrogens with zero attached hydrogens (tertiary/aromatic N) is 3. The first-order valence-electron chi connectivity index (χ1n) is 9.65. The normalized spacial score (nSPS) is 22.9. The first-order chi connectivity index (χ1) is 12.3. The molecule has 1 aromatic heterocycles. The van der Waals surface area contributed by atoms with Crippen molar-refractivity contribution in [3.8, 4) is 0 Å². The largest absolute Gasteiger partial charge is 0.383 e. The molecule has 2 fully saturated rings. The number of amides is 1. The lowest BCUT2D eigenvalue weighted by atomic mass is 9.89. The second-order valence-electron chi connectivity index (χ2n) is 7.47. The number of rotatable bonds is 6. The SMILES string of the molecule is COCCN1CCC[C@@H](C(=O)N2CCC(Cc3cccnc3)CC2)C1. The number of hydrogen-bond acceptors (Lipinski definition) is 4. The summed E-state index contributed by atoms with van der Waals surface area (Å²) in [6, 6.07) is 4.16. The van der Waals surface area contributed by atoms with Crippen molar-refractivity contribution in [2.45, 2.75) is 32.1 Å². The summed E-state index contributed by atoms with van der Waals surface area (Å²) < 4.78 is 5.18. The second-order valence-corrected chi connectivity index (χ2v) is 7.47. The van der Waals surface area contributed by atoms with Gasteiger partial charge in [-0.1, -0.05) is 6.07 Å². The Bertz CT molecular complexity index is 529. The van der Waals surface area contributed by atoms with Crippen molar-refractivity contribution in [1.29, 1.82) is 0 Å². The van der Waals surface area contributed by atoms with E-state index >= 15 is 0 Å². The zero-order valence-electron chi connectivity index (χ0n) is 15.4. The quantitative estimate of drug-likeness (QED) is 0.793. The summed E-state index contributed by atoms with van der Waals surface area (Å²) in [5.41, 5.74) is 1.31. The fraction of sp³-hybridized carbons (Fsp3) is 0.700. The lowest BCUT2D eigenvalue weighted by Gasteiger charge is -2.37. The molecule has 0 aliphatic carbocycles. The maximum absolute atomic E-state index is 12.9. The summed E-state index contributed by atoms with van der Waals surface area (Å²) >= 11 is 0. The van der Waals surface area contributed by atoms with Crippen LogP contribution in [0.2, 0.25) is 0 Å². The first-order valence-corrected chi connectivity index (χ1v) is 9.65. The molecule has 0 radical (unpaired) electrons. The highest BCUT2D eigenvalue weighted by molar-refractivity contribution is 5.79. The minimum absolute atomic E-state index is 0.181. The standard InChI is InChI=1S/C20H31N3O2/c1-25-13-12-22-9-3-5-19(16-22)20(24)23-10-6-17(7-11-23)14-18-4-2-8-21-15-18/h2,4,8,15,17,19H,3,5-7,9-14,16H2,1H3/t19-/m1/s1. The van der Waals surface area contributed by atoms with Gasteiger partial charge in [-0.05, 0) is 56.2 Å². The van der Waals surface area contributed by atoms with Gasteiger partial charge in [0, 0.05) is 45.7 Å². The minimum atomic E-state index is 0.181. The molecule has 25 heavy (non-hydrogen) atoms. The molecule has 1 amide bonds. The molecule has 2 aliphatic rings. The Morgan fingerprint density at radius 2 is 2.12 bits per heavy atom. The number of hydrogen-bond donors (Lipinski definition) is 0. The molecular formula is C20H31N3O2. The van der Waals surface area contributed by atoms with Gasteiger partial charge < -0.3 is 14.5 Å². The molecule has 0 spiro atoms. The van der Waals surface area contributed by atoms with Crippen LogP contribution in [0.5, 0.6) is 0 Å². The molecule has 0 unspecified atom stereocenters. The fourth-order valence-electron chi connectivity index (χ4n) is 4.15. The molecular weight excluding hydrogens is 314 g/mol. The van der Waals surface area contributed by atoms with Crippen LogP contribution in [-0.2, 0) is 16.0 Å². The number of pyridine rings is 1. The Balaban J connectivity index is 1.45. The van der Waals surface area contributed by atoms with E-state index in [1.807, 2.05) is 18.5 Å². The lowest BCUT2D eigenvalue weighted by Crippen LogP contribution is -2.47. The van der Waals surface area contributed by atoms with Gasteiger partial charge in [-0.2, -0.15) is 0 Å². The van der Waals surface area contributed by atoms with E-state index in [1.54, 1.807) is 7.11 Å². The Labute approximate surface area is 151 Å². The van der Waals surface area contributed by atoms with Crippen LogP contribution in [0, 0.1) is 11.8 Å². The van der Waals surface area contributed by atoms with Crippen LogP contribution in [0.1, 0.15) is 31.2 Å². The molecule has 1 atom stereocenters. The van der Waals surface area contributed by atoms with E-state index in [1.165, 1.54) is 5.56 Å². The molecule has 138 valence electrons. The third-order valence-corrected chi connectivity index (χ3v) is 5.64. The van der Waals surface area contributed by atoms with E-state index in [0.29, 0.717) is 11.8 Å². The highest BCUT2D eigenvalue weighted by atomic mass is 16.5. The van der Waals surface area contributed by atoms with Crippen molar-refractivity contribution in [3.05, 3.63) is 30.1 Å². The second kappa shape index (κ2) is 9.30. The molecule has 0 bridgehead atoms. The van der Waals surface area contributed by atoms with Crippen LogP contribution < -0.4 is 0 Å². The average molecular weight is 345 g/mol. The van der Waals surface area contributed by atoms with Gasteiger partial charge in [-0.15, -0.1) is 0 Å². The molecule has 0 saturated carbocycles. The number of methoxy groups -OCH3 is 1. The number of carbonyl (C=O) groups is 1. The van der Waals surface area contributed by atoms with Crippen LogP contribution in [0.3, 0.4) is 0 Å². The van der Waals surface area contributed by atoms with E-state index in [9.17, 15) is 4.79 Å². The van der Waals surface area contributed by atoms with Gasteiger partial charge in [0.1, 0.15) is 0 Å². The van der Waals surface area contributed by atoms with Crippen molar-refractivity contribution in [2.24, 2.45) is 11.8 Å². The molecule has 5 nitrogen and oxygen atoms in total. The summed E-state index contributed by atoms with van der Waals surface area (Å²) in [4.78, 5) is 21.6. The molecule has 3 heterocycles. The zero-order chi connectivity index (χ0) is 17.5. The summed E-state index contributed by atoms with van der Waals surface area (Å²) in [6.07, 6.45) is 9.26. The average Bonchev–Trinajstić information content (AvgIpc) is 2.67. The third kappa shape index (κ3) is 5.25. The van der Waals surface area contributed by atoms with Crippen molar-refractivity contribution >= 4 is 5.91 Å². The van der Waals surface area contributed by atoms with Gasteiger partial charge in [0.25, 0.3) is 0 Å². The highest BCUT2D eigenvalue weighted by Crippen LogP contribution is 2.25. The van der Waals surface area contributed by atoms with E-state index in [0.717, 1.165) is 71.4 Å². The van der Waals surface area contributed by atoms with Gasteiger partial charge in [-0.25, -0.2) is 0 Å². The maximum atomic E-state index is 12.9. The predicted octanol–water partition coefficient (Wildman–Crippen LogP) is 2.22. The van der Waals surface area contributed by atoms with Crippen LogP contribution >= 0.6 is 0 Å². The van der Waals surface area contributed by atoms with Crippen molar-refractivity contribution in [2.75, 3.05) is 46.4 Å². The topological polar surface area (TPSA) is 45.7 Å². The van der Waals surface area contributed by atoms with Gasteiger partial charge >= 0.3 is 0 Å². The lowest BCUT2D eigenvalue weighted by molar-refractivity contribution is -0.138. The molecule has 3 rings (SSSR count). The Morgan fingerprint density at radius 1 is 1.28 bits per heavy atom. The number of likely N-dealkylation sites (tertiary alicyclic amines) is 2. The van der Waals surface area contributed by atoms with E-state index in [2.05, 4.69) is 20.9 Å². The molecule has 2 saturated heterocycles. The molecule has 5 heteroatoms. The van der Waals surface area contributed by atoms with Crippen LogP contribution in [0.4, 0.5) is 0 Å². The predicted molar refractivity (Wildman–Crippen MR) is 98.3 cm³/mol. The van der Waals surface area contributed by atoms with Gasteiger partial charge in [0.05, 0.1) is 12.5 Å². The van der Waals surface area contributed by atoms with Gasteiger partial charge in [-0.3, -0.25) is 9.78 Å². The monoisotopic (exact) mass is 345 g/mol. The van der Waals surface area contributed by atoms with Crippen LogP contribution in [0.15, 0.2) is 24.5 Å². The maximum Gasteiger partial charge on any atom is 0.226 e. The zero-order valence-corrected chi connectivity index (χ0v) is 15.4. The summed E-state index contributed by atoms with van der Waals surface area (Å²) in [5, 5.41) is 0. The Kier molecular flexibility index (Phi) is 6.82. The summed E-state index contributed by atoms with van der Waals surface area (Å²) in [6.45, 7) is 5.52. The minimum Gasteiger partial charge on any atom is -0.383 e. The smallest absolute Gasteiger partial charge is 0.226 e. The number of ether oxygens (including phenoxy) is 1. The molecule has 1 aromatic rings. The molecule has 0 N–H and O–H groups in total. The highest BCUT2D eigenvalue weighted by Gasteiger charge is 2.31. The van der Waals surface area contributed by atoms with Crippen molar-refractivity contribution in [3.63, 3.8) is 0 Å². The van der Waals surface area contributed by atoms with Crippen molar-refractivity contribution in [1.82, 2.24) is 14.8 Å². The molecule has 2 aliphatic heterocycles. The number of piperidine rings is 2. The van der Waals surface area contributed by atoms with E-state index < -0.39 is 0 Å².